The molecule has 3 aromatic carbocycles. The van der Waals surface area contributed by atoms with E-state index in [4.69, 9.17) is 44.9 Å². The first-order chi connectivity index (χ1) is 16.9. The van der Waals surface area contributed by atoms with Gasteiger partial charge in [-0.05, 0) is 41.5 Å². The van der Waals surface area contributed by atoms with Gasteiger partial charge in [0.2, 0.25) is 0 Å². The minimum absolute atomic E-state index is 0.292. The van der Waals surface area contributed by atoms with Crippen molar-refractivity contribution in [1.82, 2.24) is 4.90 Å². The highest BCUT2D eigenvalue weighted by Gasteiger charge is 2.41. The minimum Gasteiger partial charge on any atom is -0.489 e. The van der Waals surface area contributed by atoms with Gasteiger partial charge in [-0.3, -0.25) is 9.69 Å². The van der Waals surface area contributed by atoms with E-state index in [0.717, 1.165) is 22.9 Å². The van der Waals surface area contributed by atoms with Crippen LogP contribution in [-0.2, 0) is 20.9 Å². The van der Waals surface area contributed by atoms with Crippen LogP contribution in [0.5, 0.6) is 5.75 Å². The number of esters is 1. The van der Waals surface area contributed by atoms with Crippen LogP contribution >= 0.6 is 47.2 Å². The van der Waals surface area contributed by atoms with E-state index in [1.54, 1.807) is 54.6 Å². The van der Waals surface area contributed by atoms with E-state index in [1.165, 1.54) is 12.0 Å². The molecular formula is C26H19Cl2NO4S2. The second-order valence-electron chi connectivity index (χ2n) is 7.48. The van der Waals surface area contributed by atoms with Gasteiger partial charge in [0.25, 0.3) is 5.91 Å². The molecule has 1 atom stereocenters. The number of ether oxygens (including phenoxy) is 2. The smallest absolute Gasteiger partial charge is 0.333 e. The number of thioether (sulfide) groups is 1. The summed E-state index contributed by atoms with van der Waals surface area (Å²) >= 11 is 18.7. The molecule has 5 nitrogen and oxygen atoms in total. The summed E-state index contributed by atoms with van der Waals surface area (Å²) in [5.74, 6) is -0.261. The fraction of sp³-hybridized carbons (Fsp3) is 0.115. The molecule has 1 aliphatic heterocycles. The van der Waals surface area contributed by atoms with Gasteiger partial charge in [-0.15, -0.1) is 0 Å². The molecule has 4 rings (SSSR count). The molecule has 0 saturated carbocycles. The summed E-state index contributed by atoms with van der Waals surface area (Å²) in [5, 5.41) is 1.10. The monoisotopic (exact) mass is 543 g/mol. The van der Waals surface area contributed by atoms with Gasteiger partial charge in [-0.2, -0.15) is 0 Å². The number of methoxy groups -OCH3 is 1. The highest BCUT2D eigenvalue weighted by atomic mass is 35.5. The third-order valence-electron chi connectivity index (χ3n) is 5.21. The van der Waals surface area contributed by atoms with Crippen molar-refractivity contribution in [2.24, 2.45) is 0 Å². The van der Waals surface area contributed by atoms with Crippen molar-refractivity contribution in [3.8, 4) is 5.75 Å². The molecule has 1 amide bonds. The predicted octanol–water partition coefficient (Wildman–Crippen LogP) is 6.69. The molecule has 0 spiro atoms. The van der Waals surface area contributed by atoms with Crippen LogP contribution in [0.4, 0.5) is 0 Å². The summed E-state index contributed by atoms with van der Waals surface area (Å²) in [6.07, 6.45) is 1.73. The standard InChI is InChI=1S/C26H19Cl2NO4S2/c1-32-25(31)23(17-5-3-2-4-6-17)29-24(30)22(35-26(29)34)13-16-7-11-20(12-8-16)33-15-18-9-10-19(27)14-21(18)28/h2-14,23H,15H2,1H3/b22-13-. The van der Waals surface area contributed by atoms with Gasteiger partial charge in [-0.1, -0.05) is 95.7 Å². The number of halogens is 2. The Hall–Kier alpha value is -2.84. The zero-order valence-corrected chi connectivity index (χ0v) is 21.6. The number of nitrogens with zero attached hydrogens (tertiary/aromatic N) is 1. The summed E-state index contributed by atoms with van der Waals surface area (Å²) in [4.78, 5) is 27.5. The van der Waals surface area contributed by atoms with Crippen molar-refractivity contribution in [2.45, 2.75) is 12.6 Å². The van der Waals surface area contributed by atoms with Crippen molar-refractivity contribution in [2.75, 3.05) is 7.11 Å². The lowest BCUT2D eigenvalue weighted by molar-refractivity contribution is -0.148. The van der Waals surface area contributed by atoms with E-state index in [-0.39, 0.29) is 5.91 Å². The third-order valence-corrected chi connectivity index (χ3v) is 7.13. The lowest BCUT2D eigenvalue weighted by atomic mass is 10.1. The molecule has 1 fully saturated rings. The maximum absolute atomic E-state index is 13.2. The number of carbonyl (C=O) groups excluding carboxylic acids is 2. The second-order valence-corrected chi connectivity index (χ2v) is 10.0. The first kappa shape index (κ1) is 25.3. The van der Waals surface area contributed by atoms with Crippen molar-refractivity contribution in [3.05, 3.63) is 104 Å². The first-order valence-electron chi connectivity index (χ1n) is 10.4. The zero-order valence-electron chi connectivity index (χ0n) is 18.4. The molecule has 9 heteroatoms. The molecule has 0 aromatic heterocycles. The second kappa shape index (κ2) is 11.3. The van der Waals surface area contributed by atoms with Crippen molar-refractivity contribution in [1.29, 1.82) is 0 Å². The average Bonchev–Trinajstić information content (AvgIpc) is 3.13. The summed E-state index contributed by atoms with van der Waals surface area (Å²) in [6.45, 7) is 0.294. The molecule has 1 heterocycles. The molecule has 0 bridgehead atoms. The van der Waals surface area contributed by atoms with E-state index >= 15 is 0 Å². The molecule has 1 aliphatic rings. The number of amides is 1. The van der Waals surface area contributed by atoms with E-state index in [1.807, 2.05) is 24.3 Å². The van der Waals surface area contributed by atoms with Gasteiger partial charge >= 0.3 is 5.97 Å². The van der Waals surface area contributed by atoms with Gasteiger partial charge in [0.05, 0.1) is 12.0 Å². The largest absolute Gasteiger partial charge is 0.489 e. The topological polar surface area (TPSA) is 55.8 Å². The Balaban J connectivity index is 1.49. The maximum Gasteiger partial charge on any atom is 0.333 e. The Morgan fingerprint density at radius 1 is 1.09 bits per heavy atom. The fourth-order valence-electron chi connectivity index (χ4n) is 3.45. The molecule has 0 radical (unpaired) electrons. The van der Waals surface area contributed by atoms with Crippen molar-refractivity contribution in [3.63, 3.8) is 0 Å². The summed E-state index contributed by atoms with van der Waals surface area (Å²) < 4.78 is 11.1. The van der Waals surface area contributed by atoms with Crippen LogP contribution in [0, 0.1) is 0 Å². The van der Waals surface area contributed by atoms with Gasteiger partial charge in [0.1, 0.15) is 16.7 Å². The predicted molar refractivity (Wildman–Crippen MR) is 143 cm³/mol. The number of hydrogen-bond acceptors (Lipinski definition) is 6. The number of hydrogen-bond donors (Lipinski definition) is 0. The van der Waals surface area contributed by atoms with Crippen LogP contribution in [0.2, 0.25) is 10.0 Å². The lowest BCUT2D eigenvalue weighted by Gasteiger charge is -2.24. The Bertz CT molecular complexity index is 1300. The highest BCUT2D eigenvalue weighted by Crippen LogP contribution is 2.38. The number of rotatable bonds is 7. The molecule has 178 valence electrons. The van der Waals surface area contributed by atoms with Gasteiger partial charge < -0.3 is 9.47 Å². The summed E-state index contributed by atoms with van der Waals surface area (Å²) in [5.41, 5.74) is 2.23. The molecule has 35 heavy (non-hydrogen) atoms. The van der Waals surface area contributed by atoms with Gasteiger partial charge in [-0.25, -0.2) is 4.79 Å². The van der Waals surface area contributed by atoms with E-state index in [9.17, 15) is 9.59 Å². The lowest BCUT2D eigenvalue weighted by Crippen LogP contribution is -2.37. The summed E-state index contributed by atoms with van der Waals surface area (Å²) in [7, 11) is 1.29. The zero-order chi connectivity index (χ0) is 24.9. The van der Waals surface area contributed by atoms with Crippen LogP contribution in [0.25, 0.3) is 6.08 Å². The van der Waals surface area contributed by atoms with Crippen LogP contribution < -0.4 is 4.74 Å². The fourth-order valence-corrected chi connectivity index (χ4v) is 5.23. The van der Waals surface area contributed by atoms with Crippen molar-refractivity contribution >= 4 is 69.5 Å². The molecule has 1 saturated heterocycles. The maximum atomic E-state index is 13.2. The van der Waals surface area contributed by atoms with E-state index in [0.29, 0.717) is 37.2 Å². The minimum atomic E-state index is -0.949. The van der Waals surface area contributed by atoms with Crippen LogP contribution in [0.15, 0.2) is 77.7 Å². The number of carbonyl (C=O) groups is 2. The quantitative estimate of drug-likeness (QED) is 0.188. The first-order valence-corrected chi connectivity index (χ1v) is 12.4. The van der Waals surface area contributed by atoms with E-state index in [2.05, 4.69) is 0 Å². The third kappa shape index (κ3) is 5.87. The van der Waals surface area contributed by atoms with Crippen LogP contribution in [0.1, 0.15) is 22.7 Å². The molecule has 1 unspecified atom stereocenters. The number of benzene rings is 3. The number of thiocarbonyl (C=S) groups is 1. The van der Waals surface area contributed by atoms with Crippen molar-refractivity contribution < 1.29 is 19.1 Å². The van der Waals surface area contributed by atoms with Gasteiger partial charge in [0, 0.05) is 15.6 Å². The Morgan fingerprint density at radius 3 is 2.46 bits per heavy atom. The molecule has 0 N–H and O–H groups in total. The molecular weight excluding hydrogens is 525 g/mol. The van der Waals surface area contributed by atoms with Crippen LogP contribution in [-0.4, -0.2) is 28.2 Å². The average molecular weight is 544 g/mol. The van der Waals surface area contributed by atoms with Gasteiger partial charge in [0.15, 0.2) is 6.04 Å². The normalized spacial score (nSPS) is 15.4. The Kier molecular flexibility index (Phi) is 8.13. The Morgan fingerprint density at radius 2 is 1.80 bits per heavy atom. The molecule has 3 aromatic rings. The van der Waals surface area contributed by atoms with Crippen LogP contribution in [0.3, 0.4) is 0 Å². The molecule has 0 aliphatic carbocycles. The highest BCUT2D eigenvalue weighted by molar-refractivity contribution is 8.26. The Labute approximate surface area is 222 Å². The SMILES string of the molecule is COC(=O)C(c1ccccc1)N1C(=O)/C(=C/c2ccc(OCc3ccc(Cl)cc3Cl)cc2)SC1=S. The van der Waals surface area contributed by atoms with E-state index < -0.39 is 12.0 Å². The summed E-state index contributed by atoms with van der Waals surface area (Å²) in [6, 6.07) is 20.5.